The summed E-state index contributed by atoms with van der Waals surface area (Å²) in [6, 6.07) is -3.28. The number of thiol groups is 1. The number of hydrogen-bond acceptors (Lipinski definition) is 7. The van der Waals surface area contributed by atoms with Crippen LogP contribution in [0.5, 0.6) is 0 Å². The SMILES string of the molecule is CC(C)C(NC(=O)C(CS)NC(=O)C(N)C(C)O)C(=O)NCC(=O)O. The average molecular weight is 378 g/mol. The van der Waals surface area contributed by atoms with Crippen LogP contribution in [0.3, 0.4) is 0 Å². The minimum Gasteiger partial charge on any atom is -0.480 e. The van der Waals surface area contributed by atoms with E-state index in [9.17, 15) is 24.3 Å². The van der Waals surface area contributed by atoms with E-state index in [-0.39, 0.29) is 11.7 Å². The zero-order valence-electron chi connectivity index (χ0n) is 14.4. The molecule has 3 amide bonds. The maximum Gasteiger partial charge on any atom is 0.322 e. The predicted molar refractivity (Wildman–Crippen MR) is 92.9 cm³/mol. The Bertz CT molecular complexity index is 500. The van der Waals surface area contributed by atoms with E-state index in [0.717, 1.165) is 0 Å². The van der Waals surface area contributed by atoms with Crippen LogP contribution in [-0.4, -0.2) is 70.4 Å². The van der Waals surface area contributed by atoms with E-state index in [1.807, 2.05) is 0 Å². The van der Waals surface area contributed by atoms with Crippen molar-refractivity contribution in [2.75, 3.05) is 12.3 Å². The van der Waals surface area contributed by atoms with E-state index < -0.39 is 54.5 Å². The van der Waals surface area contributed by atoms with Crippen LogP contribution in [0.1, 0.15) is 20.8 Å². The van der Waals surface area contributed by atoms with Crippen LogP contribution in [0, 0.1) is 5.92 Å². The number of rotatable bonds is 10. The van der Waals surface area contributed by atoms with E-state index in [1.165, 1.54) is 6.92 Å². The van der Waals surface area contributed by atoms with Gasteiger partial charge in [-0.15, -0.1) is 0 Å². The molecular formula is C14H26N4O6S. The number of carboxylic acid groups (broad SMARTS) is 1. The normalized spacial score (nSPS) is 15.6. The Kier molecular flexibility index (Phi) is 10.1. The second-order valence-electron chi connectivity index (χ2n) is 5.85. The quantitative estimate of drug-likeness (QED) is 0.205. The van der Waals surface area contributed by atoms with Crippen LogP contribution < -0.4 is 21.7 Å². The second-order valence-corrected chi connectivity index (χ2v) is 6.22. The smallest absolute Gasteiger partial charge is 0.322 e. The molecule has 0 radical (unpaired) electrons. The zero-order chi connectivity index (χ0) is 19.7. The van der Waals surface area contributed by atoms with Crippen molar-refractivity contribution in [3.63, 3.8) is 0 Å². The molecule has 0 aromatic carbocycles. The van der Waals surface area contributed by atoms with Gasteiger partial charge in [0, 0.05) is 5.75 Å². The Balaban J connectivity index is 4.92. The number of aliphatic carboxylic acids is 1. The van der Waals surface area contributed by atoms with Gasteiger partial charge in [0.2, 0.25) is 17.7 Å². The van der Waals surface area contributed by atoms with Gasteiger partial charge in [-0.1, -0.05) is 13.8 Å². The lowest BCUT2D eigenvalue weighted by Gasteiger charge is -2.25. The molecule has 0 bridgehead atoms. The molecule has 0 heterocycles. The molecule has 4 atom stereocenters. The molecule has 0 aromatic heterocycles. The standard InChI is InChI=1S/C14H26N4O6S/c1-6(2)11(14(24)16-4-9(20)21)18-12(22)8(5-25)17-13(23)10(15)7(3)19/h6-8,10-11,19,25H,4-5,15H2,1-3H3,(H,16,24)(H,17,23)(H,18,22)(H,20,21). The summed E-state index contributed by atoms with van der Waals surface area (Å²) in [5, 5.41) is 24.9. The van der Waals surface area contributed by atoms with Crippen molar-refractivity contribution >= 4 is 36.3 Å². The van der Waals surface area contributed by atoms with Gasteiger partial charge >= 0.3 is 5.97 Å². The predicted octanol–water partition coefficient (Wildman–Crippen LogP) is -2.55. The largest absolute Gasteiger partial charge is 0.480 e. The van der Waals surface area contributed by atoms with Crippen molar-refractivity contribution in [2.45, 2.75) is 45.0 Å². The van der Waals surface area contributed by atoms with Gasteiger partial charge in [0.25, 0.3) is 0 Å². The van der Waals surface area contributed by atoms with Crippen LogP contribution in [0.2, 0.25) is 0 Å². The fourth-order valence-electron chi connectivity index (χ4n) is 1.74. The topological polar surface area (TPSA) is 171 Å². The third-order valence-corrected chi connectivity index (χ3v) is 3.66. The van der Waals surface area contributed by atoms with Crippen LogP contribution in [0.25, 0.3) is 0 Å². The van der Waals surface area contributed by atoms with E-state index in [2.05, 4.69) is 28.6 Å². The maximum absolute atomic E-state index is 12.3. The highest BCUT2D eigenvalue weighted by Gasteiger charge is 2.29. The van der Waals surface area contributed by atoms with Crippen LogP contribution in [-0.2, 0) is 19.2 Å². The second kappa shape index (κ2) is 10.9. The summed E-state index contributed by atoms with van der Waals surface area (Å²) in [5.41, 5.74) is 5.49. The van der Waals surface area contributed by atoms with Crippen molar-refractivity contribution in [3.05, 3.63) is 0 Å². The summed E-state index contributed by atoms with van der Waals surface area (Å²) in [6.07, 6.45) is -1.10. The number of aliphatic hydroxyl groups is 1. The van der Waals surface area contributed by atoms with Crippen molar-refractivity contribution in [1.82, 2.24) is 16.0 Å². The number of aliphatic hydroxyl groups excluding tert-OH is 1. The summed E-state index contributed by atoms with van der Waals surface area (Å²) in [5.74, 6) is -3.67. The van der Waals surface area contributed by atoms with Crippen molar-refractivity contribution in [2.24, 2.45) is 11.7 Å². The third-order valence-electron chi connectivity index (χ3n) is 3.30. The number of carboxylic acids is 1. The molecule has 144 valence electrons. The molecule has 7 N–H and O–H groups in total. The number of carbonyl (C=O) groups excluding carboxylic acids is 3. The Morgan fingerprint density at radius 1 is 1.04 bits per heavy atom. The van der Waals surface area contributed by atoms with Gasteiger partial charge in [0.15, 0.2) is 0 Å². The van der Waals surface area contributed by atoms with E-state index >= 15 is 0 Å². The first kappa shape index (κ1) is 23.1. The van der Waals surface area contributed by atoms with E-state index in [0.29, 0.717) is 0 Å². The summed E-state index contributed by atoms with van der Waals surface area (Å²) in [6.45, 7) is 4.10. The number of nitrogens with two attached hydrogens (primary N) is 1. The highest BCUT2D eigenvalue weighted by Crippen LogP contribution is 2.03. The molecular weight excluding hydrogens is 352 g/mol. The third kappa shape index (κ3) is 8.18. The molecule has 4 unspecified atom stereocenters. The first-order valence-corrected chi connectivity index (χ1v) is 8.29. The molecule has 0 fully saturated rings. The molecule has 0 saturated heterocycles. The highest BCUT2D eigenvalue weighted by molar-refractivity contribution is 7.80. The van der Waals surface area contributed by atoms with Crippen molar-refractivity contribution in [1.29, 1.82) is 0 Å². The van der Waals surface area contributed by atoms with Gasteiger partial charge in [0.1, 0.15) is 24.7 Å². The minimum absolute atomic E-state index is 0.0638. The molecule has 0 spiro atoms. The van der Waals surface area contributed by atoms with Gasteiger partial charge in [-0.2, -0.15) is 12.6 Å². The van der Waals surface area contributed by atoms with Crippen LogP contribution >= 0.6 is 12.6 Å². The Labute approximate surface area is 151 Å². The summed E-state index contributed by atoms with van der Waals surface area (Å²) in [4.78, 5) is 46.6. The Morgan fingerprint density at radius 3 is 2.00 bits per heavy atom. The number of amides is 3. The summed E-state index contributed by atoms with van der Waals surface area (Å²) in [7, 11) is 0. The van der Waals surface area contributed by atoms with Crippen LogP contribution in [0.4, 0.5) is 0 Å². The lowest BCUT2D eigenvalue weighted by atomic mass is 10.0. The van der Waals surface area contributed by atoms with Crippen LogP contribution in [0.15, 0.2) is 0 Å². The van der Waals surface area contributed by atoms with Gasteiger partial charge in [-0.05, 0) is 12.8 Å². The van der Waals surface area contributed by atoms with Gasteiger partial charge in [-0.25, -0.2) is 0 Å². The van der Waals surface area contributed by atoms with E-state index in [4.69, 9.17) is 10.8 Å². The lowest BCUT2D eigenvalue weighted by molar-refractivity contribution is -0.139. The lowest BCUT2D eigenvalue weighted by Crippen LogP contribution is -2.58. The fourth-order valence-corrected chi connectivity index (χ4v) is 2.00. The molecule has 10 nitrogen and oxygen atoms in total. The maximum atomic E-state index is 12.3. The number of hydrogen-bond donors (Lipinski definition) is 7. The monoisotopic (exact) mass is 378 g/mol. The molecule has 11 heteroatoms. The van der Waals surface area contributed by atoms with Gasteiger partial charge in [0.05, 0.1) is 6.10 Å². The zero-order valence-corrected chi connectivity index (χ0v) is 15.2. The Hall–Kier alpha value is -1.85. The summed E-state index contributed by atoms with van der Waals surface area (Å²) < 4.78 is 0. The summed E-state index contributed by atoms with van der Waals surface area (Å²) >= 11 is 3.99. The van der Waals surface area contributed by atoms with Crippen molar-refractivity contribution in [3.8, 4) is 0 Å². The first-order valence-electron chi connectivity index (χ1n) is 7.66. The molecule has 0 aliphatic heterocycles. The molecule has 0 saturated carbocycles. The Morgan fingerprint density at radius 2 is 1.60 bits per heavy atom. The number of nitrogens with one attached hydrogen (secondary N) is 3. The van der Waals surface area contributed by atoms with Gasteiger partial charge in [-0.3, -0.25) is 19.2 Å². The molecule has 25 heavy (non-hydrogen) atoms. The number of carbonyl (C=O) groups is 4. The average Bonchev–Trinajstić information content (AvgIpc) is 2.53. The molecule has 0 aliphatic carbocycles. The van der Waals surface area contributed by atoms with E-state index in [1.54, 1.807) is 13.8 Å². The minimum atomic E-state index is -1.21. The first-order chi connectivity index (χ1) is 11.5. The molecule has 0 aromatic rings. The van der Waals surface area contributed by atoms with Gasteiger partial charge < -0.3 is 31.9 Å². The molecule has 0 aliphatic rings. The fraction of sp³-hybridized carbons (Fsp3) is 0.714. The van der Waals surface area contributed by atoms with Crippen molar-refractivity contribution < 1.29 is 29.4 Å². The molecule has 0 rings (SSSR count). The highest BCUT2D eigenvalue weighted by atomic mass is 32.1.